The van der Waals surface area contributed by atoms with Gasteiger partial charge in [-0.15, -0.1) is 16.6 Å². The van der Waals surface area contributed by atoms with Crippen molar-refractivity contribution in [2.24, 2.45) is 0 Å². The lowest BCUT2D eigenvalue weighted by atomic mass is 10.1. The second-order valence-corrected chi connectivity index (χ2v) is 4.01. The van der Waals surface area contributed by atoms with E-state index in [0.29, 0.717) is 5.69 Å². The van der Waals surface area contributed by atoms with Crippen LogP contribution in [0.2, 0.25) is 10.3 Å². The van der Waals surface area contributed by atoms with Crippen LogP contribution in [0.25, 0.3) is 0 Å². The lowest BCUT2D eigenvalue weighted by Crippen LogP contribution is -2.28. The molecule has 0 atom stereocenters. The quantitative estimate of drug-likeness (QED) is 0.793. The Morgan fingerprint density at radius 3 is 2.64 bits per heavy atom. The van der Waals surface area contributed by atoms with E-state index in [0.717, 1.165) is 0 Å². The molecule has 1 aromatic rings. The topological polar surface area (TPSA) is 37.8 Å². The first kappa shape index (κ1) is 11.1. The van der Waals surface area contributed by atoms with Gasteiger partial charge >= 0.3 is 0 Å². The Balaban J connectivity index is 2.98. The van der Waals surface area contributed by atoms with Crippen LogP contribution in [0.15, 0.2) is 6.07 Å². The van der Waals surface area contributed by atoms with Crippen molar-refractivity contribution in [2.45, 2.75) is 19.4 Å². The minimum absolute atomic E-state index is 0.248. The van der Waals surface area contributed by atoms with Crippen molar-refractivity contribution in [3.63, 3.8) is 0 Å². The Hall–Kier alpha value is -0.980. The second kappa shape index (κ2) is 4.04. The molecule has 0 aliphatic carbocycles. The van der Waals surface area contributed by atoms with E-state index < -0.39 is 5.54 Å². The molecule has 3 nitrogen and oxygen atoms in total. The standard InChI is InChI=1S/C9H9Cl2N3/c1-4-9(2,3)12-6-5-7(10)13-14-8(6)11/h1,5H,2-3H3,(H,12,13). The van der Waals surface area contributed by atoms with Crippen molar-refractivity contribution in [3.05, 3.63) is 16.4 Å². The monoisotopic (exact) mass is 229 g/mol. The van der Waals surface area contributed by atoms with Gasteiger partial charge in [0.25, 0.3) is 0 Å². The van der Waals surface area contributed by atoms with Crippen LogP contribution in [0, 0.1) is 12.3 Å². The Kier molecular flexibility index (Phi) is 3.20. The van der Waals surface area contributed by atoms with E-state index in [1.165, 1.54) is 0 Å². The second-order valence-electron chi connectivity index (χ2n) is 3.27. The highest BCUT2D eigenvalue weighted by molar-refractivity contribution is 6.33. The molecule has 1 heterocycles. The summed E-state index contributed by atoms with van der Waals surface area (Å²) in [6.07, 6.45) is 5.32. The molecule has 1 rings (SSSR count). The predicted octanol–water partition coefficient (Wildman–Crippen LogP) is 2.61. The first-order valence-corrected chi connectivity index (χ1v) is 4.65. The van der Waals surface area contributed by atoms with E-state index in [4.69, 9.17) is 29.6 Å². The molecule has 0 bridgehead atoms. The van der Waals surface area contributed by atoms with E-state index in [-0.39, 0.29) is 10.3 Å². The van der Waals surface area contributed by atoms with Gasteiger partial charge in [0, 0.05) is 6.07 Å². The highest BCUT2D eigenvalue weighted by atomic mass is 35.5. The predicted molar refractivity (Wildman–Crippen MR) is 58.6 cm³/mol. The third kappa shape index (κ3) is 2.76. The van der Waals surface area contributed by atoms with Gasteiger partial charge in [-0.05, 0) is 13.8 Å². The van der Waals surface area contributed by atoms with Gasteiger partial charge in [-0.1, -0.05) is 29.1 Å². The lowest BCUT2D eigenvalue weighted by Gasteiger charge is -2.21. The van der Waals surface area contributed by atoms with Crippen molar-refractivity contribution in [3.8, 4) is 12.3 Å². The van der Waals surface area contributed by atoms with Gasteiger partial charge in [0.05, 0.1) is 11.2 Å². The highest BCUT2D eigenvalue weighted by Gasteiger charge is 2.15. The van der Waals surface area contributed by atoms with Gasteiger partial charge in [-0.2, -0.15) is 0 Å². The summed E-state index contributed by atoms with van der Waals surface area (Å²) >= 11 is 11.5. The van der Waals surface area contributed by atoms with Crippen molar-refractivity contribution < 1.29 is 0 Å². The van der Waals surface area contributed by atoms with Crippen LogP contribution in [0.4, 0.5) is 5.69 Å². The van der Waals surface area contributed by atoms with Crippen LogP contribution >= 0.6 is 23.2 Å². The zero-order valence-corrected chi connectivity index (χ0v) is 9.32. The summed E-state index contributed by atoms with van der Waals surface area (Å²) in [7, 11) is 0. The van der Waals surface area contributed by atoms with Gasteiger partial charge in [-0.3, -0.25) is 0 Å². The minimum Gasteiger partial charge on any atom is -0.367 e. The van der Waals surface area contributed by atoms with Crippen LogP contribution < -0.4 is 5.32 Å². The molecule has 0 saturated carbocycles. The number of nitrogens with one attached hydrogen (secondary N) is 1. The van der Waals surface area contributed by atoms with Crippen LogP contribution in [-0.2, 0) is 0 Å². The van der Waals surface area contributed by atoms with Crippen LogP contribution in [-0.4, -0.2) is 15.7 Å². The van der Waals surface area contributed by atoms with Crippen LogP contribution in [0.5, 0.6) is 0 Å². The normalized spacial score (nSPS) is 10.8. The Morgan fingerprint density at radius 2 is 2.07 bits per heavy atom. The number of hydrogen-bond donors (Lipinski definition) is 1. The maximum Gasteiger partial charge on any atom is 0.174 e. The Morgan fingerprint density at radius 1 is 1.43 bits per heavy atom. The number of rotatable bonds is 2. The van der Waals surface area contributed by atoms with Gasteiger partial charge in [0.1, 0.15) is 0 Å². The highest BCUT2D eigenvalue weighted by Crippen LogP contribution is 2.23. The fraction of sp³-hybridized carbons (Fsp3) is 0.333. The van der Waals surface area contributed by atoms with E-state index in [1.54, 1.807) is 6.07 Å². The first-order valence-electron chi connectivity index (χ1n) is 3.89. The smallest absolute Gasteiger partial charge is 0.174 e. The van der Waals surface area contributed by atoms with Gasteiger partial charge in [0.2, 0.25) is 0 Å². The minimum atomic E-state index is -0.504. The van der Waals surface area contributed by atoms with Crippen molar-refractivity contribution in [1.82, 2.24) is 10.2 Å². The van der Waals surface area contributed by atoms with Gasteiger partial charge in [0.15, 0.2) is 10.3 Å². The van der Waals surface area contributed by atoms with E-state index in [9.17, 15) is 0 Å². The molecule has 0 fully saturated rings. The molecular formula is C9H9Cl2N3. The molecule has 0 amide bonds. The summed E-state index contributed by atoms with van der Waals surface area (Å²) < 4.78 is 0. The average Bonchev–Trinajstić information content (AvgIpc) is 2.11. The molecular weight excluding hydrogens is 221 g/mol. The maximum absolute atomic E-state index is 5.80. The van der Waals surface area contributed by atoms with Crippen molar-refractivity contribution in [1.29, 1.82) is 0 Å². The molecule has 0 aliphatic rings. The molecule has 0 saturated heterocycles. The molecule has 1 aromatic heterocycles. The van der Waals surface area contributed by atoms with Crippen LogP contribution in [0.1, 0.15) is 13.8 Å². The number of hydrogen-bond acceptors (Lipinski definition) is 3. The number of halogens is 2. The average molecular weight is 230 g/mol. The van der Waals surface area contributed by atoms with Gasteiger partial charge < -0.3 is 5.32 Å². The van der Waals surface area contributed by atoms with Crippen molar-refractivity contribution in [2.75, 3.05) is 5.32 Å². The molecule has 5 heteroatoms. The fourth-order valence-electron chi connectivity index (χ4n) is 0.813. The third-order valence-electron chi connectivity index (χ3n) is 1.53. The molecule has 0 radical (unpaired) electrons. The molecule has 0 spiro atoms. The molecule has 14 heavy (non-hydrogen) atoms. The van der Waals surface area contributed by atoms with E-state index in [1.807, 2.05) is 13.8 Å². The SMILES string of the molecule is C#CC(C)(C)Nc1cc(Cl)nnc1Cl. The first-order chi connectivity index (χ1) is 6.44. The molecule has 0 unspecified atom stereocenters. The van der Waals surface area contributed by atoms with Gasteiger partial charge in [-0.25, -0.2) is 0 Å². The number of aromatic nitrogens is 2. The lowest BCUT2D eigenvalue weighted by molar-refractivity contribution is 0.739. The van der Waals surface area contributed by atoms with E-state index in [2.05, 4.69) is 21.4 Å². The summed E-state index contributed by atoms with van der Waals surface area (Å²) in [6, 6.07) is 1.58. The summed E-state index contributed by atoms with van der Waals surface area (Å²) in [5.41, 5.74) is 0.0744. The molecule has 1 N–H and O–H groups in total. The van der Waals surface area contributed by atoms with E-state index >= 15 is 0 Å². The number of anilines is 1. The molecule has 0 aromatic carbocycles. The number of nitrogens with zero attached hydrogens (tertiary/aromatic N) is 2. The Labute approximate surface area is 92.8 Å². The summed E-state index contributed by atoms with van der Waals surface area (Å²) in [6.45, 7) is 3.69. The summed E-state index contributed by atoms with van der Waals surface area (Å²) in [5.74, 6) is 2.58. The summed E-state index contributed by atoms with van der Waals surface area (Å²) in [5, 5.41) is 10.8. The third-order valence-corrected chi connectivity index (χ3v) is 1.99. The fourth-order valence-corrected chi connectivity index (χ4v) is 1.10. The Bertz CT molecular complexity index is 382. The molecule has 74 valence electrons. The zero-order chi connectivity index (χ0) is 10.8. The van der Waals surface area contributed by atoms with Crippen molar-refractivity contribution >= 4 is 28.9 Å². The van der Waals surface area contributed by atoms with Crippen LogP contribution in [0.3, 0.4) is 0 Å². The summed E-state index contributed by atoms with van der Waals surface area (Å²) in [4.78, 5) is 0. The zero-order valence-electron chi connectivity index (χ0n) is 7.81. The number of terminal acetylenes is 1. The largest absolute Gasteiger partial charge is 0.367 e. The molecule has 0 aliphatic heterocycles. The maximum atomic E-state index is 5.80.